The molecule has 0 heterocycles. The number of hydrogen-bond donors (Lipinski definition) is 1. The third-order valence-corrected chi connectivity index (χ3v) is 3.40. The zero-order valence-corrected chi connectivity index (χ0v) is 11.9. The number of halogens is 1. The smallest absolute Gasteiger partial charge is 0.123 e. The van der Waals surface area contributed by atoms with Crippen molar-refractivity contribution in [3.05, 3.63) is 35.6 Å². The first-order valence-electron chi connectivity index (χ1n) is 7.15. The zero-order chi connectivity index (χ0) is 13.4. The molecule has 0 saturated heterocycles. The first-order chi connectivity index (χ1) is 8.63. The number of hydrogen-bond acceptors (Lipinski definition) is 1. The fourth-order valence-corrected chi connectivity index (χ4v) is 2.24. The van der Waals surface area contributed by atoms with Crippen LogP contribution in [0.15, 0.2) is 24.3 Å². The highest BCUT2D eigenvalue weighted by Gasteiger charge is 2.09. The lowest BCUT2D eigenvalue weighted by Crippen LogP contribution is -2.28. The molecule has 0 aliphatic heterocycles. The second-order valence-electron chi connectivity index (χ2n) is 5.19. The van der Waals surface area contributed by atoms with Gasteiger partial charge >= 0.3 is 0 Å². The van der Waals surface area contributed by atoms with Gasteiger partial charge in [-0.05, 0) is 38.0 Å². The molecule has 0 bridgehead atoms. The van der Waals surface area contributed by atoms with Crippen LogP contribution in [0, 0.1) is 5.82 Å². The predicted molar refractivity (Wildman–Crippen MR) is 76.2 cm³/mol. The van der Waals surface area contributed by atoms with Crippen LogP contribution in [0.3, 0.4) is 0 Å². The molecule has 2 atom stereocenters. The van der Waals surface area contributed by atoms with Crippen LogP contribution in [-0.2, 0) is 0 Å². The molecule has 0 spiro atoms. The van der Waals surface area contributed by atoms with Gasteiger partial charge in [0.05, 0.1) is 0 Å². The van der Waals surface area contributed by atoms with E-state index in [0.717, 1.165) is 5.56 Å². The van der Waals surface area contributed by atoms with E-state index in [-0.39, 0.29) is 11.9 Å². The average molecular weight is 251 g/mol. The Hall–Kier alpha value is -0.890. The molecule has 1 N–H and O–H groups in total. The molecule has 1 unspecified atom stereocenters. The SMILES string of the molecule is CCCCCCC(C)N[C@@H](C)c1ccc(F)cc1. The van der Waals surface area contributed by atoms with E-state index in [2.05, 4.69) is 26.1 Å². The number of unbranched alkanes of at least 4 members (excludes halogenated alkanes) is 3. The molecule has 1 aromatic carbocycles. The Morgan fingerprint density at radius 3 is 2.33 bits per heavy atom. The number of benzene rings is 1. The summed E-state index contributed by atoms with van der Waals surface area (Å²) < 4.78 is 12.8. The molecule has 0 aromatic heterocycles. The van der Waals surface area contributed by atoms with E-state index >= 15 is 0 Å². The lowest BCUT2D eigenvalue weighted by molar-refractivity contribution is 0.437. The maximum absolute atomic E-state index is 12.8. The van der Waals surface area contributed by atoms with Crippen molar-refractivity contribution in [1.29, 1.82) is 0 Å². The minimum absolute atomic E-state index is 0.168. The highest BCUT2D eigenvalue weighted by atomic mass is 19.1. The Bertz CT molecular complexity index is 320. The predicted octanol–water partition coefficient (Wildman–Crippen LogP) is 4.84. The fourth-order valence-electron chi connectivity index (χ4n) is 2.24. The number of rotatable bonds is 8. The summed E-state index contributed by atoms with van der Waals surface area (Å²) in [5.74, 6) is -0.168. The van der Waals surface area contributed by atoms with Crippen LogP contribution < -0.4 is 5.32 Å². The lowest BCUT2D eigenvalue weighted by atomic mass is 10.0. The molecule has 18 heavy (non-hydrogen) atoms. The van der Waals surface area contributed by atoms with Crippen molar-refractivity contribution in [2.75, 3.05) is 0 Å². The van der Waals surface area contributed by atoms with Crippen LogP contribution in [0.1, 0.15) is 64.5 Å². The molecule has 0 radical (unpaired) electrons. The van der Waals surface area contributed by atoms with Crippen LogP contribution in [-0.4, -0.2) is 6.04 Å². The first kappa shape index (κ1) is 15.2. The molecule has 1 rings (SSSR count). The zero-order valence-electron chi connectivity index (χ0n) is 11.9. The Morgan fingerprint density at radius 2 is 1.72 bits per heavy atom. The summed E-state index contributed by atoms with van der Waals surface area (Å²) in [7, 11) is 0. The van der Waals surface area contributed by atoms with E-state index in [1.54, 1.807) is 0 Å². The minimum Gasteiger partial charge on any atom is -0.308 e. The van der Waals surface area contributed by atoms with E-state index < -0.39 is 0 Å². The van der Waals surface area contributed by atoms with E-state index in [1.807, 2.05) is 12.1 Å². The van der Waals surface area contributed by atoms with Crippen molar-refractivity contribution in [2.45, 2.75) is 65.0 Å². The van der Waals surface area contributed by atoms with Crippen molar-refractivity contribution in [2.24, 2.45) is 0 Å². The molecule has 0 aliphatic carbocycles. The van der Waals surface area contributed by atoms with Crippen LogP contribution in [0.2, 0.25) is 0 Å². The van der Waals surface area contributed by atoms with Crippen molar-refractivity contribution in [1.82, 2.24) is 5.32 Å². The van der Waals surface area contributed by atoms with Gasteiger partial charge in [0.15, 0.2) is 0 Å². The van der Waals surface area contributed by atoms with Gasteiger partial charge in [-0.2, -0.15) is 0 Å². The second-order valence-corrected chi connectivity index (χ2v) is 5.19. The quantitative estimate of drug-likeness (QED) is 0.652. The Labute approximate surface area is 111 Å². The molecule has 102 valence electrons. The van der Waals surface area contributed by atoms with Gasteiger partial charge < -0.3 is 5.32 Å². The normalized spacial score (nSPS) is 14.4. The molecule has 0 amide bonds. The first-order valence-corrected chi connectivity index (χ1v) is 7.15. The van der Waals surface area contributed by atoms with E-state index in [1.165, 1.54) is 44.2 Å². The van der Waals surface area contributed by atoms with Gasteiger partial charge in [-0.3, -0.25) is 0 Å². The van der Waals surface area contributed by atoms with Gasteiger partial charge in [0, 0.05) is 12.1 Å². The van der Waals surface area contributed by atoms with Crippen molar-refractivity contribution in [3.63, 3.8) is 0 Å². The van der Waals surface area contributed by atoms with E-state index in [0.29, 0.717) is 6.04 Å². The van der Waals surface area contributed by atoms with Gasteiger partial charge in [-0.25, -0.2) is 4.39 Å². The second kappa shape index (κ2) is 8.25. The Kier molecular flexibility index (Phi) is 6.96. The van der Waals surface area contributed by atoms with Crippen molar-refractivity contribution in [3.8, 4) is 0 Å². The van der Waals surface area contributed by atoms with Crippen LogP contribution in [0.4, 0.5) is 4.39 Å². The molecule has 0 fully saturated rings. The van der Waals surface area contributed by atoms with Crippen molar-refractivity contribution >= 4 is 0 Å². The Balaban J connectivity index is 2.30. The van der Waals surface area contributed by atoms with E-state index in [9.17, 15) is 4.39 Å². The molecule has 0 aliphatic rings. The Morgan fingerprint density at radius 1 is 1.06 bits per heavy atom. The van der Waals surface area contributed by atoms with Gasteiger partial charge in [0.25, 0.3) is 0 Å². The summed E-state index contributed by atoms with van der Waals surface area (Å²) in [6, 6.07) is 7.57. The molecular weight excluding hydrogens is 225 g/mol. The maximum Gasteiger partial charge on any atom is 0.123 e. The largest absolute Gasteiger partial charge is 0.308 e. The third kappa shape index (κ3) is 5.63. The number of nitrogens with one attached hydrogen (secondary N) is 1. The molecule has 1 aromatic rings. The van der Waals surface area contributed by atoms with Gasteiger partial charge in [0.1, 0.15) is 5.82 Å². The maximum atomic E-state index is 12.8. The fraction of sp³-hybridized carbons (Fsp3) is 0.625. The average Bonchev–Trinajstić information content (AvgIpc) is 2.35. The highest BCUT2D eigenvalue weighted by molar-refractivity contribution is 5.19. The lowest BCUT2D eigenvalue weighted by Gasteiger charge is -2.20. The van der Waals surface area contributed by atoms with Gasteiger partial charge in [-0.15, -0.1) is 0 Å². The summed E-state index contributed by atoms with van der Waals surface area (Å²) in [5, 5.41) is 3.57. The van der Waals surface area contributed by atoms with Crippen LogP contribution in [0.25, 0.3) is 0 Å². The summed E-state index contributed by atoms with van der Waals surface area (Å²) in [5.41, 5.74) is 1.15. The summed E-state index contributed by atoms with van der Waals surface area (Å²) in [6.45, 7) is 6.60. The van der Waals surface area contributed by atoms with Crippen molar-refractivity contribution < 1.29 is 4.39 Å². The highest BCUT2D eigenvalue weighted by Crippen LogP contribution is 2.15. The molecular formula is C16H26FN. The third-order valence-electron chi connectivity index (χ3n) is 3.40. The summed E-state index contributed by atoms with van der Waals surface area (Å²) in [6.07, 6.45) is 6.45. The molecule has 1 nitrogen and oxygen atoms in total. The van der Waals surface area contributed by atoms with E-state index in [4.69, 9.17) is 0 Å². The summed E-state index contributed by atoms with van der Waals surface area (Å²) in [4.78, 5) is 0. The molecule has 0 saturated carbocycles. The van der Waals surface area contributed by atoms with Gasteiger partial charge in [-0.1, -0.05) is 44.7 Å². The molecule has 2 heteroatoms. The standard InChI is InChI=1S/C16H26FN/c1-4-5-6-7-8-13(2)18-14(3)15-9-11-16(17)12-10-15/h9-14,18H,4-8H2,1-3H3/t13?,14-/m0/s1. The van der Waals surface area contributed by atoms with Gasteiger partial charge in [0.2, 0.25) is 0 Å². The summed E-state index contributed by atoms with van der Waals surface area (Å²) >= 11 is 0. The topological polar surface area (TPSA) is 12.0 Å². The van der Waals surface area contributed by atoms with Crippen LogP contribution >= 0.6 is 0 Å². The minimum atomic E-state index is -0.168. The monoisotopic (exact) mass is 251 g/mol. The van der Waals surface area contributed by atoms with Crippen LogP contribution in [0.5, 0.6) is 0 Å².